The van der Waals surface area contributed by atoms with Crippen LogP contribution in [-0.2, 0) is 14.6 Å². The molecule has 1 atom stereocenters. The average Bonchev–Trinajstić information content (AvgIpc) is 2.90. The molecule has 1 unspecified atom stereocenters. The van der Waals surface area contributed by atoms with E-state index in [0.29, 0.717) is 23.5 Å². The Morgan fingerprint density at radius 2 is 2.04 bits per heavy atom. The van der Waals surface area contributed by atoms with Gasteiger partial charge in [0.05, 0.1) is 25.7 Å². The van der Waals surface area contributed by atoms with E-state index in [2.05, 4.69) is 5.32 Å². The summed E-state index contributed by atoms with van der Waals surface area (Å²) in [6.07, 6.45) is 1.78. The number of sulfone groups is 1. The molecule has 0 aliphatic carbocycles. The van der Waals surface area contributed by atoms with Crippen LogP contribution in [0.1, 0.15) is 12.0 Å². The Hall–Kier alpha value is -2.53. The summed E-state index contributed by atoms with van der Waals surface area (Å²) in [7, 11) is -0.0957. The summed E-state index contributed by atoms with van der Waals surface area (Å²) in [5.41, 5.74) is 0.491. The topological polar surface area (TPSA) is 105 Å². The molecule has 8 heteroatoms. The van der Waals surface area contributed by atoms with E-state index in [0.717, 1.165) is 0 Å². The van der Waals surface area contributed by atoms with E-state index in [1.54, 1.807) is 18.2 Å². The molecule has 7 nitrogen and oxygen atoms in total. The summed E-state index contributed by atoms with van der Waals surface area (Å²) >= 11 is 0. The third-order valence-electron chi connectivity index (χ3n) is 3.65. The molecular formula is C16H18N2O5S. The number of nitrogens with one attached hydrogen (secondary N) is 1. The van der Waals surface area contributed by atoms with E-state index in [9.17, 15) is 18.5 Å². The normalized spacial score (nSPS) is 19.4. The number of carbonyl (C=O) groups is 1. The molecule has 0 spiro atoms. The molecule has 24 heavy (non-hydrogen) atoms. The van der Waals surface area contributed by atoms with E-state index in [4.69, 9.17) is 9.47 Å². The van der Waals surface area contributed by atoms with Crippen LogP contribution in [0.4, 0.5) is 0 Å². The second-order valence-electron chi connectivity index (χ2n) is 5.36. The fourth-order valence-electron chi connectivity index (χ4n) is 2.43. The lowest BCUT2D eigenvalue weighted by Crippen LogP contribution is -2.36. The summed E-state index contributed by atoms with van der Waals surface area (Å²) in [4.78, 5) is 12.2. The smallest absolute Gasteiger partial charge is 0.262 e. The molecule has 0 aromatic heterocycles. The lowest BCUT2D eigenvalue weighted by Gasteiger charge is -2.10. The van der Waals surface area contributed by atoms with Crippen LogP contribution in [0.25, 0.3) is 6.08 Å². The zero-order valence-corrected chi connectivity index (χ0v) is 14.2. The maximum absolute atomic E-state index is 12.2. The van der Waals surface area contributed by atoms with Crippen molar-refractivity contribution in [3.63, 3.8) is 0 Å². The molecule has 0 saturated carbocycles. The van der Waals surface area contributed by atoms with E-state index >= 15 is 0 Å². The first-order valence-corrected chi connectivity index (χ1v) is 9.06. The lowest BCUT2D eigenvalue weighted by molar-refractivity contribution is -0.117. The highest BCUT2D eigenvalue weighted by Crippen LogP contribution is 2.28. The number of nitrogens with zero attached hydrogens (tertiary/aromatic N) is 1. The summed E-state index contributed by atoms with van der Waals surface area (Å²) in [6, 6.07) is 6.38. The highest BCUT2D eigenvalue weighted by atomic mass is 32.2. The van der Waals surface area contributed by atoms with Crippen molar-refractivity contribution in [2.75, 3.05) is 25.7 Å². The number of hydrogen-bond donors (Lipinski definition) is 1. The van der Waals surface area contributed by atoms with Crippen LogP contribution in [0.2, 0.25) is 0 Å². The van der Waals surface area contributed by atoms with Crippen LogP contribution in [-0.4, -0.2) is 46.1 Å². The number of carbonyl (C=O) groups excluding carboxylic acids is 1. The third-order valence-corrected chi connectivity index (χ3v) is 5.42. The fraction of sp³-hybridized carbons (Fsp3) is 0.375. The minimum absolute atomic E-state index is 0.0548. The number of hydrogen-bond acceptors (Lipinski definition) is 6. The second kappa shape index (κ2) is 7.36. The monoisotopic (exact) mass is 350 g/mol. The van der Waals surface area contributed by atoms with Crippen LogP contribution in [0.15, 0.2) is 23.8 Å². The van der Waals surface area contributed by atoms with Gasteiger partial charge in [0.15, 0.2) is 21.3 Å². The van der Waals surface area contributed by atoms with Gasteiger partial charge in [0.25, 0.3) is 5.91 Å². The van der Waals surface area contributed by atoms with Gasteiger partial charge >= 0.3 is 0 Å². The third kappa shape index (κ3) is 4.26. The standard InChI is InChI=1S/C16H18N2O5S/c1-22-14-4-3-11(8-15(14)23-2)7-12(9-17)16(19)18-13-5-6-24(20,21)10-13/h3-4,7-8,13H,5-6,10H2,1-2H3,(H,18,19)/b12-7+. The number of benzene rings is 1. The molecular weight excluding hydrogens is 332 g/mol. The molecule has 1 aliphatic rings. The van der Waals surface area contributed by atoms with Gasteiger partial charge in [0, 0.05) is 6.04 Å². The van der Waals surface area contributed by atoms with Gasteiger partial charge in [-0.25, -0.2) is 8.42 Å². The van der Waals surface area contributed by atoms with E-state index in [1.807, 2.05) is 6.07 Å². The van der Waals surface area contributed by atoms with Crippen molar-refractivity contribution in [2.24, 2.45) is 0 Å². The Morgan fingerprint density at radius 3 is 2.58 bits per heavy atom. The van der Waals surface area contributed by atoms with Crippen molar-refractivity contribution < 1.29 is 22.7 Å². The van der Waals surface area contributed by atoms with E-state index < -0.39 is 21.8 Å². The molecule has 0 bridgehead atoms. The van der Waals surface area contributed by atoms with Crippen LogP contribution >= 0.6 is 0 Å². The van der Waals surface area contributed by atoms with Gasteiger partial charge < -0.3 is 14.8 Å². The molecule has 1 saturated heterocycles. The Bertz CT molecular complexity index is 808. The molecule has 1 heterocycles. The highest BCUT2D eigenvalue weighted by Gasteiger charge is 2.29. The Kier molecular flexibility index (Phi) is 5.46. The predicted molar refractivity (Wildman–Crippen MR) is 88.3 cm³/mol. The van der Waals surface area contributed by atoms with Crippen LogP contribution < -0.4 is 14.8 Å². The number of rotatable bonds is 5. The highest BCUT2D eigenvalue weighted by molar-refractivity contribution is 7.91. The molecule has 2 rings (SSSR count). The van der Waals surface area contributed by atoms with Gasteiger partial charge in [0.2, 0.25) is 0 Å². The van der Waals surface area contributed by atoms with E-state index in [-0.39, 0.29) is 17.1 Å². The zero-order valence-electron chi connectivity index (χ0n) is 13.4. The van der Waals surface area contributed by atoms with Crippen molar-refractivity contribution in [2.45, 2.75) is 12.5 Å². The van der Waals surface area contributed by atoms with Crippen molar-refractivity contribution in [3.8, 4) is 17.6 Å². The number of ether oxygens (including phenoxy) is 2. The first-order chi connectivity index (χ1) is 11.4. The second-order valence-corrected chi connectivity index (χ2v) is 7.59. The minimum Gasteiger partial charge on any atom is -0.493 e. The summed E-state index contributed by atoms with van der Waals surface area (Å²) < 4.78 is 33.2. The van der Waals surface area contributed by atoms with Gasteiger partial charge in [-0.15, -0.1) is 0 Å². The quantitative estimate of drug-likeness (QED) is 0.625. The Labute approximate surface area is 140 Å². The zero-order chi connectivity index (χ0) is 17.7. The van der Waals surface area contributed by atoms with Crippen molar-refractivity contribution in [1.82, 2.24) is 5.32 Å². The SMILES string of the molecule is COc1ccc(/C=C(\C#N)C(=O)NC2CCS(=O)(=O)C2)cc1OC. The molecule has 1 aromatic carbocycles. The van der Waals surface area contributed by atoms with Crippen molar-refractivity contribution in [3.05, 3.63) is 29.3 Å². The molecule has 0 radical (unpaired) electrons. The molecule has 1 aromatic rings. The maximum Gasteiger partial charge on any atom is 0.262 e. The Morgan fingerprint density at radius 1 is 1.33 bits per heavy atom. The van der Waals surface area contributed by atoms with Gasteiger partial charge in [-0.3, -0.25) is 4.79 Å². The van der Waals surface area contributed by atoms with E-state index in [1.165, 1.54) is 20.3 Å². The van der Waals surface area contributed by atoms with Gasteiger partial charge in [-0.2, -0.15) is 5.26 Å². The van der Waals surface area contributed by atoms with Crippen LogP contribution in [0.3, 0.4) is 0 Å². The van der Waals surface area contributed by atoms with Crippen LogP contribution in [0.5, 0.6) is 11.5 Å². The number of amides is 1. The lowest BCUT2D eigenvalue weighted by atomic mass is 10.1. The Balaban J connectivity index is 2.17. The van der Waals surface area contributed by atoms with Crippen molar-refractivity contribution >= 4 is 21.8 Å². The van der Waals surface area contributed by atoms with Crippen molar-refractivity contribution in [1.29, 1.82) is 5.26 Å². The molecule has 128 valence electrons. The summed E-state index contributed by atoms with van der Waals surface area (Å²) in [6.45, 7) is 0. The summed E-state index contributed by atoms with van der Waals surface area (Å²) in [5, 5.41) is 11.8. The number of nitriles is 1. The largest absolute Gasteiger partial charge is 0.493 e. The molecule has 1 fully saturated rings. The first-order valence-electron chi connectivity index (χ1n) is 7.23. The summed E-state index contributed by atoms with van der Waals surface area (Å²) in [5.74, 6) is 0.390. The first kappa shape index (κ1) is 17.8. The molecule has 1 N–H and O–H groups in total. The van der Waals surface area contributed by atoms with Crippen LogP contribution in [0, 0.1) is 11.3 Å². The minimum atomic E-state index is -3.10. The predicted octanol–water partition coefficient (Wildman–Crippen LogP) is 0.914. The fourth-order valence-corrected chi connectivity index (χ4v) is 4.10. The number of methoxy groups -OCH3 is 2. The average molecular weight is 350 g/mol. The molecule has 1 amide bonds. The maximum atomic E-state index is 12.2. The van der Waals surface area contributed by atoms with Gasteiger partial charge in [-0.1, -0.05) is 6.07 Å². The van der Waals surface area contributed by atoms with Gasteiger partial charge in [-0.05, 0) is 30.2 Å². The molecule has 1 aliphatic heterocycles. The van der Waals surface area contributed by atoms with Gasteiger partial charge in [0.1, 0.15) is 11.6 Å².